The molecule has 0 fully saturated rings. The maximum absolute atomic E-state index is 11.1. The summed E-state index contributed by atoms with van der Waals surface area (Å²) in [5.41, 5.74) is 0. The molecule has 0 aliphatic heterocycles. The highest BCUT2D eigenvalue weighted by Gasteiger charge is 2.00. The molecule has 0 heterocycles. The summed E-state index contributed by atoms with van der Waals surface area (Å²) in [6.07, 6.45) is 0.260. The minimum absolute atomic E-state index is 0.249. The number of alkyl halides is 1. The zero-order valence-electron chi connectivity index (χ0n) is 21.2. The van der Waals surface area contributed by atoms with Crippen molar-refractivity contribution in [2.24, 2.45) is 0 Å². The molecule has 0 spiro atoms. The summed E-state index contributed by atoms with van der Waals surface area (Å²) >= 11 is 5.49. The van der Waals surface area contributed by atoms with Gasteiger partial charge in [0.15, 0.2) is 0 Å². The second-order valence-corrected chi connectivity index (χ2v) is 7.13. The van der Waals surface area contributed by atoms with Crippen LogP contribution in [0.15, 0.2) is 0 Å². The fraction of sp³-hybridized carbons (Fsp3) is 0.957. The molecule has 0 saturated carbocycles. The Bertz CT molecular complexity index is 419. The van der Waals surface area contributed by atoms with Crippen molar-refractivity contribution in [1.82, 2.24) is 0 Å². The summed E-state index contributed by atoms with van der Waals surface area (Å²) in [7, 11) is 0. The normalized spacial score (nSPS) is 11.3. The molecule has 11 nitrogen and oxygen atoms in total. The molecule has 0 amide bonds. The quantitative estimate of drug-likeness (QED) is 0.0759. The van der Waals surface area contributed by atoms with E-state index in [4.69, 9.17) is 59.0 Å². The topological polar surface area (TPSA) is 109 Å². The molecule has 0 saturated heterocycles. The number of esters is 1. The first kappa shape index (κ1) is 34.4. The number of hydrogen-bond acceptors (Lipinski definition) is 11. The monoisotopic (exact) mass is 532 g/mol. The standard InChI is InChI=1S/C23H45ClO11/c1-2-35-23(25)3-5-26-7-9-28-11-13-30-15-17-32-19-21-34-22-20-33-18-16-31-14-12-29-10-8-27-6-4-24/h2-22H2,1H3. The van der Waals surface area contributed by atoms with Crippen LogP contribution < -0.4 is 0 Å². The van der Waals surface area contributed by atoms with Crippen LogP contribution in [0.25, 0.3) is 0 Å². The Morgan fingerprint density at radius 3 is 0.971 bits per heavy atom. The van der Waals surface area contributed by atoms with Crippen LogP contribution in [0.2, 0.25) is 0 Å². The zero-order chi connectivity index (χ0) is 25.5. The number of rotatable bonds is 30. The molecule has 0 atom stereocenters. The molecule has 0 aromatic heterocycles. The van der Waals surface area contributed by atoms with Crippen LogP contribution in [-0.4, -0.2) is 137 Å². The number of carbonyl (C=O) groups is 1. The van der Waals surface area contributed by atoms with Crippen molar-refractivity contribution in [2.75, 3.05) is 131 Å². The summed E-state index contributed by atoms with van der Waals surface area (Å²) in [6.45, 7) is 11.1. The van der Waals surface area contributed by atoms with E-state index in [0.29, 0.717) is 131 Å². The number of carbonyl (C=O) groups excluding carboxylic acids is 1. The molecule has 0 aromatic carbocycles. The zero-order valence-corrected chi connectivity index (χ0v) is 22.0. The smallest absolute Gasteiger partial charge is 0.308 e. The van der Waals surface area contributed by atoms with E-state index < -0.39 is 0 Å². The van der Waals surface area contributed by atoms with Crippen molar-refractivity contribution in [2.45, 2.75) is 13.3 Å². The second-order valence-electron chi connectivity index (χ2n) is 6.76. The van der Waals surface area contributed by atoms with Crippen molar-refractivity contribution in [3.05, 3.63) is 0 Å². The highest BCUT2D eigenvalue weighted by Crippen LogP contribution is 1.89. The van der Waals surface area contributed by atoms with Crippen LogP contribution in [0.1, 0.15) is 13.3 Å². The predicted molar refractivity (Wildman–Crippen MR) is 129 cm³/mol. The SMILES string of the molecule is CCOC(=O)CCOCCOCCOCCOCCOCCOCCOCCOCCOCCCl. The fourth-order valence-electron chi connectivity index (χ4n) is 2.30. The highest BCUT2D eigenvalue weighted by atomic mass is 35.5. The lowest BCUT2D eigenvalue weighted by molar-refractivity contribution is -0.144. The molecule has 35 heavy (non-hydrogen) atoms. The van der Waals surface area contributed by atoms with Gasteiger partial charge in [-0.2, -0.15) is 0 Å². The average Bonchev–Trinajstić information content (AvgIpc) is 2.86. The number of ether oxygens (including phenoxy) is 10. The highest BCUT2D eigenvalue weighted by molar-refractivity contribution is 6.17. The Hall–Kier alpha value is -0.600. The van der Waals surface area contributed by atoms with Gasteiger partial charge in [-0.3, -0.25) is 4.79 Å². The van der Waals surface area contributed by atoms with Crippen molar-refractivity contribution in [3.8, 4) is 0 Å². The van der Waals surface area contributed by atoms with Crippen LogP contribution in [-0.2, 0) is 52.2 Å². The van der Waals surface area contributed by atoms with Gasteiger partial charge in [-0.25, -0.2) is 0 Å². The van der Waals surface area contributed by atoms with Crippen LogP contribution in [0.4, 0.5) is 0 Å². The third kappa shape index (κ3) is 31.4. The van der Waals surface area contributed by atoms with E-state index in [-0.39, 0.29) is 12.4 Å². The molecule has 0 unspecified atom stereocenters. The van der Waals surface area contributed by atoms with E-state index in [1.54, 1.807) is 6.92 Å². The lowest BCUT2D eigenvalue weighted by Crippen LogP contribution is -2.15. The molecule has 0 aliphatic rings. The summed E-state index contributed by atoms with van der Waals surface area (Å²) < 4.78 is 53.1. The molecule has 0 rings (SSSR count). The van der Waals surface area contributed by atoms with Crippen molar-refractivity contribution >= 4 is 17.6 Å². The fourth-order valence-corrected chi connectivity index (χ4v) is 2.41. The van der Waals surface area contributed by atoms with Crippen molar-refractivity contribution < 1.29 is 52.2 Å². The van der Waals surface area contributed by atoms with Gasteiger partial charge >= 0.3 is 5.97 Å². The molecular weight excluding hydrogens is 488 g/mol. The summed E-state index contributed by atoms with van der Waals surface area (Å²) in [5.74, 6) is 0.248. The largest absolute Gasteiger partial charge is 0.466 e. The minimum atomic E-state index is -0.249. The lowest BCUT2D eigenvalue weighted by Gasteiger charge is -2.08. The van der Waals surface area contributed by atoms with Crippen LogP contribution in [0, 0.1) is 0 Å². The predicted octanol–water partition coefficient (Wildman–Crippen LogP) is 1.33. The van der Waals surface area contributed by atoms with Crippen LogP contribution in [0.3, 0.4) is 0 Å². The summed E-state index contributed by atoms with van der Waals surface area (Å²) in [6, 6.07) is 0. The van der Waals surface area contributed by atoms with Gasteiger partial charge in [-0.05, 0) is 6.92 Å². The van der Waals surface area contributed by atoms with Gasteiger partial charge in [0.1, 0.15) is 0 Å². The Labute approximate surface area is 214 Å². The first-order valence-electron chi connectivity index (χ1n) is 12.2. The molecule has 0 aromatic rings. The maximum Gasteiger partial charge on any atom is 0.308 e. The molecule has 0 radical (unpaired) electrons. The molecule has 0 bridgehead atoms. The molecule has 12 heteroatoms. The van der Waals surface area contributed by atoms with Gasteiger partial charge in [0, 0.05) is 5.88 Å². The van der Waals surface area contributed by atoms with E-state index in [9.17, 15) is 4.79 Å². The average molecular weight is 533 g/mol. The second kappa shape index (κ2) is 31.4. The van der Waals surface area contributed by atoms with E-state index in [1.807, 2.05) is 0 Å². The van der Waals surface area contributed by atoms with E-state index in [2.05, 4.69) is 0 Å². The Morgan fingerprint density at radius 1 is 0.457 bits per heavy atom. The Kier molecular flexibility index (Phi) is 30.9. The Morgan fingerprint density at radius 2 is 0.714 bits per heavy atom. The molecule has 210 valence electrons. The third-order valence-corrected chi connectivity index (χ3v) is 4.11. The maximum atomic E-state index is 11.1. The third-order valence-electron chi connectivity index (χ3n) is 3.95. The molecular formula is C23H45ClO11. The number of halogens is 1. The van der Waals surface area contributed by atoms with Gasteiger partial charge in [0.2, 0.25) is 0 Å². The lowest BCUT2D eigenvalue weighted by atomic mass is 10.5. The minimum Gasteiger partial charge on any atom is -0.466 e. The molecule has 0 N–H and O–H groups in total. The van der Waals surface area contributed by atoms with Crippen LogP contribution in [0.5, 0.6) is 0 Å². The van der Waals surface area contributed by atoms with Gasteiger partial charge in [-0.15, -0.1) is 11.6 Å². The van der Waals surface area contributed by atoms with Crippen molar-refractivity contribution in [3.63, 3.8) is 0 Å². The first-order chi connectivity index (χ1) is 17.3. The first-order valence-corrected chi connectivity index (χ1v) is 12.8. The van der Waals surface area contributed by atoms with Gasteiger partial charge in [-0.1, -0.05) is 0 Å². The summed E-state index contributed by atoms with van der Waals surface area (Å²) in [4.78, 5) is 11.1. The summed E-state index contributed by atoms with van der Waals surface area (Å²) in [5, 5.41) is 0. The number of hydrogen-bond donors (Lipinski definition) is 0. The van der Waals surface area contributed by atoms with Gasteiger partial charge in [0.05, 0.1) is 132 Å². The van der Waals surface area contributed by atoms with E-state index in [0.717, 1.165) is 0 Å². The van der Waals surface area contributed by atoms with Gasteiger partial charge < -0.3 is 47.4 Å². The van der Waals surface area contributed by atoms with E-state index in [1.165, 1.54) is 0 Å². The molecule has 0 aliphatic carbocycles. The van der Waals surface area contributed by atoms with Crippen LogP contribution >= 0.6 is 11.6 Å². The van der Waals surface area contributed by atoms with Crippen molar-refractivity contribution in [1.29, 1.82) is 0 Å². The van der Waals surface area contributed by atoms with Gasteiger partial charge in [0.25, 0.3) is 0 Å². The Balaban J connectivity index is 3.04. The van der Waals surface area contributed by atoms with E-state index >= 15 is 0 Å².